The summed E-state index contributed by atoms with van der Waals surface area (Å²) in [6, 6.07) is 3.73. The first-order valence-corrected chi connectivity index (χ1v) is 5.76. The van der Waals surface area contributed by atoms with E-state index in [9.17, 15) is 0 Å². The average molecular weight is 258 g/mol. The molecule has 19 heavy (non-hydrogen) atoms. The number of azo groups is 1. The van der Waals surface area contributed by atoms with Gasteiger partial charge in [-0.05, 0) is 12.1 Å². The Bertz CT molecular complexity index is 636. The molecule has 0 radical (unpaired) electrons. The smallest absolute Gasteiger partial charge is 0.357 e. The highest BCUT2D eigenvalue weighted by Crippen LogP contribution is 2.02. The average Bonchev–Trinajstić information content (AvgIpc) is 2.72. The lowest BCUT2D eigenvalue weighted by molar-refractivity contribution is -0.657. The summed E-state index contributed by atoms with van der Waals surface area (Å²) >= 11 is 0. The molecule has 2 aromatic heterocycles. The minimum Gasteiger partial charge on any atom is -0.357 e. The predicted molar refractivity (Wildman–Crippen MR) is 70.6 cm³/mol. The Balaban J connectivity index is 2.05. The van der Waals surface area contributed by atoms with Crippen molar-refractivity contribution in [3.05, 3.63) is 42.3 Å². The number of hydrogen-bond acceptors (Lipinski definition) is 3. The second-order valence-electron chi connectivity index (χ2n) is 4.09. The van der Waals surface area contributed by atoms with Crippen molar-refractivity contribution in [2.75, 3.05) is 0 Å². The third-order valence-electron chi connectivity index (χ3n) is 2.53. The number of aryl methyl sites for hydroxylation is 3. The van der Waals surface area contributed by atoms with E-state index in [1.807, 2.05) is 71.8 Å². The molecule has 0 bridgehead atoms. The number of imidazole rings is 1. The van der Waals surface area contributed by atoms with Gasteiger partial charge in [0.05, 0.1) is 31.8 Å². The van der Waals surface area contributed by atoms with Gasteiger partial charge in [-0.15, -0.1) is 10.2 Å². The van der Waals surface area contributed by atoms with Crippen molar-refractivity contribution in [1.82, 2.24) is 9.13 Å². The first-order chi connectivity index (χ1) is 9.16. The molecule has 0 spiro atoms. The first-order valence-electron chi connectivity index (χ1n) is 5.76. The van der Waals surface area contributed by atoms with Crippen LogP contribution in [0.2, 0.25) is 0 Å². The Morgan fingerprint density at radius 1 is 1.16 bits per heavy atom. The van der Waals surface area contributed by atoms with Crippen molar-refractivity contribution in [2.24, 2.45) is 41.6 Å². The topological polar surface area (TPSA) is 63.2 Å². The SMILES string of the molecule is Cn1ccc(=NN=CN=Nc2n(C)cc[n+]2C)cc1. The van der Waals surface area contributed by atoms with Crippen LogP contribution in [0.4, 0.5) is 5.95 Å². The molecule has 0 atom stereocenters. The number of rotatable bonds is 3. The van der Waals surface area contributed by atoms with E-state index in [0.29, 0.717) is 0 Å². The zero-order valence-corrected chi connectivity index (χ0v) is 11.2. The molecule has 7 nitrogen and oxygen atoms in total. The van der Waals surface area contributed by atoms with E-state index in [1.54, 1.807) is 0 Å². The monoisotopic (exact) mass is 258 g/mol. The molecule has 0 amide bonds. The predicted octanol–water partition coefficient (Wildman–Crippen LogP) is 0.816. The summed E-state index contributed by atoms with van der Waals surface area (Å²) in [4.78, 5) is 0. The molecule has 0 aromatic carbocycles. The quantitative estimate of drug-likeness (QED) is 0.257. The van der Waals surface area contributed by atoms with Crippen molar-refractivity contribution >= 4 is 12.3 Å². The van der Waals surface area contributed by atoms with E-state index < -0.39 is 0 Å². The Morgan fingerprint density at radius 2 is 1.89 bits per heavy atom. The maximum absolute atomic E-state index is 4.05. The lowest BCUT2D eigenvalue weighted by Crippen LogP contribution is -2.25. The highest BCUT2D eigenvalue weighted by atomic mass is 15.3. The summed E-state index contributed by atoms with van der Waals surface area (Å²) in [5.41, 5.74) is 0. The van der Waals surface area contributed by atoms with Gasteiger partial charge in [0.2, 0.25) is 0 Å². The van der Waals surface area contributed by atoms with Crippen LogP contribution in [0.15, 0.2) is 57.4 Å². The van der Waals surface area contributed by atoms with Crippen LogP contribution in [-0.4, -0.2) is 15.5 Å². The fourth-order valence-corrected chi connectivity index (χ4v) is 1.48. The van der Waals surface area contributed by atoms with Crippen LogP contribution in [0.1, 0.15) is 0 Å². The maximum Gasteiger partial charge on any atom is 0.421 e. The molecular formula is C12H16N7+. The Morgan fingerprint density at radius 3 is 2.53 bits per heavy atom. The first kappa shape index (κ1) is 12.9. The lowest BCUT2D eigenvalue weighted by Gasteiger charge is -1.92. The molecule has 0 saturated carbocycles. The van der Waals surface area contributed by atoms with Crippen molar-refractivity contribution in [2.45, 2.75) is 0 Å². The summed E-state index contributed by atoms with van der Waals surface area (Å²) in [6.45, 7) is 0. The van der Waals surface area contributed by atoms with Gasteiger partial charge in [-0.3, -0.25) is 0 Å². The van der Waals surface area contributed by atoms with Crippen LogP contribution in [0.5, 0.6) is 0 Å². The largest absolute Gasteiger partial charge is 0.421 e. The second-order valence-corrected chi connectivity index (χ2v) is 4.09. The summed E-state index contributed by atoms with van der Waals surface area (Å²) < 4.78 is 5.66. The van der Waals surface area contributed by atoms with Gasteiger partial charge < -0.3 is 4.57 Å². The summed E-state index contributed by atoms with van der Waals surface area (Å²) in [5.74, 6) is 0.734. The van der Waals surface area contributed by atoms with Crippen LogP contribution in [0.25, 0.3) is 0 Å². The van der Waals surface area contributed by atoms with Crippen LogP contribution in [0, 0.1) is 0 Å². The Kier molecular flexibility index (Phi) is 3.97. The van der Waals surface area contributed by atoms with Crippen LogP contribution >= 0.6 is 0 Å². The van der Waals surface area contributed by atoms with Gasteiger partial charge in [0, 0.05) is 24.6 Å². The Labute approximate surface area is 110 Å². The minimum atomic E-state index is 0.734. The summed E-state index contributed by atoms with van der Waals surface area (Å²) in [7, 11) is 5.75. The van der Waals surface area contributed by atoms with Crippen molar-refractivity contribution in [3.8, 4) is 0 Å². The van der Waals surface area contributed by atoms with Crippen LogP contribution in [0.3, 0.4) is 0 Å². The third-order valence-corrected chi connectivity index (χ3v) is 2.53. The highest BCUT2D eigenvalue weighted by molar-refractivity contribution is 5.54. The number of hydrogen-bond donors (Lipinski definition) is 0. The zero-order chi connectivity index (χ0) is 13.7. The highest BCUT2D eigenvalue weighted by Gasteiger charge is 2.08. The number of pyridine rings is 1. The van der Waals surface area contributed by atoms with Crippen molar-refractivity contribution in [1.29, 1.82) is 0 Å². The molecule has 7 heteroatoms. The van der Waals surface area contributed by atoms with Gasteiger partial charge in [-0.2, -0.15) is 0 Å². The maximum atomic E-state index is 4.05. The fourth-order valence-electron chi connectivity index (χ4n) is 1.48. The molecule has 2 aromatic rings. The van der Waals surface area contributed by atoms with Gasteiger partial charge in [0.25, 0.3) is 0 Å². The van der Waals surface area contributed by atoms with Crippen molar-refractivity contribution in [3.63, 3.8) is 0 Å². The van der Waals surface area contributed by atoms with E-state index in [0.717, 1.165) is 11.3 Å². The molecular weight excluding hydrogens is 242 g/mol. The van der Waals surface area contributed by atoms with Gasteiger partial charge in [-0.25, -0.2) is 9.13 Å². The van der Waals surface area contributed by atoms with E-state index in [-0.39, 0.29) is 0 Å². The Hall–Kier alpha value is -2.57. The molecule has 0 aliphatic rings. The van der Waals surface area contributed by atoms with E-state index in [4.69, 9.17) is 0 Å². The standard InChI is InChI=1S/C12H16N7/c1-17-6-4-11(5-7-17)15-13-10-14-16-12-18(2)8-9-19(12)3/h4-10H,1-3H3/q+1. The molecule has 0 saturated heterocycles. The minimum absolute atomic E-state index is 0.734. The van der Waals surface area contributed by atoms with Crippen LogP contribution < -0.4 is 9.92 Å². The van der Waals surface area contributed by atoms with Gasteiger partial charge in [-0.1, -0.05) is 5.11 Å². The molecule has 2 heterocycles. The molecule has 0 unspecified atom stereocenters. The summed E-state index contributed by atoms with van der Waals surface area (Å²) in [5, 5.41) is 16.5. The normalized spacial score (nSPS) is 11.5. The van der Waals surface area contributed by atoms with E-state index in [2.05, 4.69) is 20.4 Å². The van der Waals surface area contributed by atoms with E-state index >= 15 is 0 Å². The molecule has 0 aliphatic heterocycles. The molecule has 98 valence electrons. The fraction of sp³-hybridized carbons (Fsp3) is 0.250. The summed E-state index contributed by atoms with van der Waals surface area (Å²) in [6.07, 6.45) is 8.93. The van der Waals surface area contributed by atoms with Gasteiger partial charge in [0.1, 0.15) is 0 Å². The number of nitrogens with zero attached hydrogens (tertiary/aromatic N) is 7. The zero-order valence-electron chi connectivity index (χ0n) is 11.2. The second kappa shape index (κ2) is 5.85. The third kappa shape index (κ3) is 3.44. The van der Waals surface area contributed by atoms with E-state index in [1.165, 1.54) is 6.34 Å². The molecule has 2 rings (SSSR count). The molecule has 0 aliphatic carbocycles. The van der Waals surface area contributed by atoms with Crippen molar-refractivity contribution < 1.29 is 4.57 Å². The molecule has 0 N–H and O–H groups in total. The van der Waals surface area contributed by atoms with Crippen LogP contribution in [-0.2, 0) is 21.1 Å². The lowest BCUT2D eigenvalue weighted by atomic mass is 10.5. The van der Waals surface area contributed by atoms with Gasteiger partial charge in [0.15, 0.2) is 6.34 Å². The number of aromatic nitrogens is 3. The van der Waals surface area contributed by atoms with Gasteiger partial charge >= 0.3 is 5.95 Å². The molecule has 0 fully saturated rings.